The standard InChI is InChI=1S/C20H15ClN4O3S2/c21-13-6-8-14(9-7-13)22-19(26)23-15-10-11-18-17(12-15)24-20(29-18)25-30(27,28)16-4-2-1-3-5-16/h1-12H,(H,24,25)(H2,22,23,26). The van der Waals surface area contributed by atoms with Crippen molar-refractivity contribution in [3.05, 3.63) is 77.8 Å². The minimum atomic E-state index is -3.72. The molecule has 4 aromatic rings. The van der Waals surface area contributed by atoms with Crippen LogP contribution in [0.1, 0.15) is 0 Å². The lowest BCUT2D eigenvalue weighted by atomic mass is 10.3. The molecular weight excluding hydrogens is 444 g/mol. The summed E-state index contributed by atoms with van der Waals surface area (Å²) in [7, 11) is -3.72. The molecule has 0 unspecified atom stereocenters. The summed E-state index contributed by atoms with van der Waals surface area (Å²) in [6.45, 7) is 0. The first-order valence-corrected chi connectivity index (χ1v) is 11.4. The Morgan fingerprint density at radius 2 is 1.57 bits per heavy atom. The van der Waals surface area contributed by atoms with E-state index >= 15 is 0 Å². The molecule has 0 fully saturated rings. The van der Waals surface area contributed by atoms with Gasteiger partial charge in [0.2, 0.25) is 0 Å². The van der Waals surface area contributed by atoms with Crippen LogP contribution in [-0.4, -0.2) is 19.4 Å². The van der Waals surface area contributed by atoms with Crippen LogP contribution in [0.25, 0.3) is 10.2 Å². The lowest BCUT2D eigenvalue weighted by Crippen LogP contribution is -2.19. The summed E-state index contributed by atoms with van der Waals surface area (Å²) in [5.74, 6) is 0. The van der Waals surface area contributed by atoms with Crippen LogP contribution < -0.4 is 15.4 Å². The van der Waals surface area contributed by atoms with E-state index in [1.54, 1.807) is 60.7 Å². The molecule has 0 aliphatic heterocycles. The molecule has 2 amide bonds. The van der Waals surface area contributed by atoms with Crippen molar-refractivity contribution in [2.75, 3.05) is 15.4 Å². The molecule has 0 saturated heterocycles. The van der Waals surface area contributed by atoms with Gasteiger partial charge in [0.25, 0.3) is 10.0 Å². The topological polar surface area (TPSA) is 100 Å². The lowest BCUT2D eigenvalue weighted by Gasteiger charge is -2.07. The van der Waals surface area contributed by atoms with Gasteiger partial charge in [-0.3, -0.25) is 4.72 Å². The van der Waals surface area contributed by atoms with Gasteiger partial charge in [0.1, 0.15) is 0 Å². The first kappa shape index (κ1) is 20.1. The van der Waals surface area contributed by atoms with E-state index in [4.69, 9.17) is 11.6 Å². The Kier molecular flexibility index (Phi) is 5.58. The predicted octanol–water partition coefficient (Wildman–Crippen LogP) is 5.39. The van der Waals surface area contributed by atoms with Crippen LogP contribution in [0.2, 0.25) is 5.02 Å². The van der Waals surface area contributed by atoms with Gasteiger partial charge in [-0.25, -0.2) is 18.2 Å². The number of hydrogen-bond acceptors (Lipinski definition) is 5. The maximum absolute atomic E-state index is 12.5. The summed E-state index contributed by atoms with van der Waals surface area (Å²) in [6.07, 6.45) is 0. The zero-order valence-electron chi connectivity index (χ0n) is 15.3. The summed E-state index contributed by atoms with van der Waals surface area (Å²) in [4.78, 5) is 16.7. The molecule has 0 radical (unpaired) electrons. The number of urea groups is 1. The second kappa shape index (κ2) is 8.31. The number of benzene rings is 3. The summed E-state index contributed by atoms with van der Waals surface area (Å²) in [5, 5.41) is 6.25. The maximum Gasteiger partial charge on any atom is 0.323 e. The summed E-state index contributed by atoms with van der Waals surface area (Å²) in [5.41, 5.74) is 1.69. The molecule has 152 valence electrons. The molecule has 0 saturated carbocycles. The summed E-state index contributed by atoms with van der Waals surface area (Å²) >= 11 is 7.04. The Labute approximate surface area is 181 Å². The van der Waals surface area contributed by atoms with Gasteiger partial charge < -0.3 is 10.6 Å². The number of aromatic nitrogens is 1. The molecule has 1 aromatic heterocycles. The van der Waals surface area contributed by atoms with Gasteiger partial charge in [-0.1, -0.05) is 41.1 Å². The second-order valence-electron chi connectivity index (χ2n) is 6.21. The molecule has 4 rings (SSSR count). The number of carbonyl (C=O) groups excluding carboxylic acids is 1. The van der Waals surface area contributed by atoms with Crippen molar-refractivity contribution in [2.45, 2.75) is 4.90 Å². The van der Waals surface area contributed by atoms with E-state index in [-0.39, 0.29) is 10.0 Å². The number of nitrogens with one attached hydrogen (secondary N) is 3. The maximum atomic E-state index is 12.5. The Morgan fingerprint density at radius 1 is 0.900 bits per heavy atom. The van der Waals surface area contributed by atoms with Gasteiger partial charge in [-0.05, 0) is 54.6 Å². The monoisotopic (exact) mass is 458 g/mol. The van der Waals surface area contributed by atoms with Gasteiger partial charge >= 0.3 is 6.03 Å². The van der Waals surface area contributed by atoms with Crippen molar-refractivity contribution < 1.29 is 13.2 Å². The molecule has 0 aliphatic rings. The van der Waals surface area contributed by atoms with Crippen LogP contribution in [0.3, 0.4) is 0 Å². The number of hydrogen-bond donors (Lipinski definition) is 3. The molecule has 3 N–H and O–H groups in total. The van der Waals surface area contributed by atoms with Gasteiger partial charge in [0.15, 0.2) is 5.13 Å². The fourth-order valence-electron chi connectivity index (χ4n) is 2.65. The third-order valence-corrected chi connectivity index (χ3v) is 6.71. The number of thiazole rings is 1. The van der Waals surface area contributed by atoms with E-state index in [1.807, 2.05) is 0 Å². The first-order chi connectivity index (χ1) is 14.4. The molecular formula is C20H15ClN4O3S2. The Balaban J connectivity index is 1.48. The quantitative estimate of drug-likeness (QED) is 0.373. The number of amides is 2. The SMILES string of the molecule is O=C(Nc1ccc(Cl)cc1)Nc1ccc2sc(NS(=O)(=O)c3ccccc3)nc2c1. The second-order valence-corrected chi connectivity index (χ2v) is 9.36. The van der Waals surface area contributed by atoms with Gasteiger partial charge in [-0.2, -0.15) is 0 Å². The number of carbonyl (C=O) groups is 1. The number of anilines is 3. The van der Waals surface area contributed by atoms with E-state index in [9.17, 15) is 13.2 Å². The minimum absolute atomic E-state index is 0.158. The van der Waals surface area contributed by atoms with Crippen molar-refractivity contribution in [3.8, 4) is 0 Å². The number of halogens is 1. The van der Waals surface area contributed by atoms with E-state index in [1.165, 1.54) is 23.5 Å². The predicted molar refractivity (Wildman–Crippen MR) is 121 cm³/mol. The minimum Gasteiger partial charge on any atom is -0.308 e. The van der Waals surface area contributed by atoms with Crippen molar-refractivity contribution in [3.63, 3.8) is 0 Å². The van der Waals surface area contributed by atoms with Crippen molar-refractivity contribution in [1.82, 2.24) is 4.98 Å². The van der Waals surface area contributed by atoms with Crippen LogP contribution in [0.5, 0.6) is 0 Å². The zero-order chi connectivity index (χ0) is 21.1. The molecule has 0 spiro atoms. The summed E-state index contributed by atoms with van der Waals surface area (Å²) in [6, 6.07) is 19.6. The Morgan fingerprint density at radius 3 is 2.30 bits per heavy atom. The number of nitrogens with zero attached hydrogens (tertiary/aromatic N) is 1. The Hall–Kier alpha value is -3.14. The molecule has 30 heavy (non-hydrogen) atoms. The highest BCUT2D eigenvalue weighted by molar-refractivity contribution is 7.93. The molecule has 0 aliphatic carbocycles. The largest absolute Gasteiger partial charge is 0.323 e. The first-order valence-electron chi connectivity index (χ1n) is 8.71. The average molecular weight is 459 g/mol. The molecule has 0 atom stereocenters. The number of rotatable bonds is 5. The van der Waals surface area contributed by atoms with E-state index in [0.29, 0.717) is 21.9 Å². The van der Waals surface area contributed by atoms with Crippen LogP contribution in [0.4, 0.5) is 21.3 Å². The van der Waals surface area contributed by atoms with Crippen LogP contribution in [-0.2, 0) is 10.0 Å². The summed E-state index contributed by atoms with van der Waals surface area (Å²) < 4.78 is 28.2. The highest BCUT2D eigenvalue weighted by atomic mass is 35.5. The number of fused-ring (bicyclic) bond motifs is 1. The smallest absolute Gasteiger partial charge is 0.308 e. The van der Waals surface area contributed by atoms with Crippen LogP contribution in [0, 0.1) is 0 Å². The van der Waals surface area contributed by atoms with E-state index < -0.39 is 16.1 Å². The van der Waals surface area contributed by atoms with Crippen LogP contribution in [0.15, 0.2) is 77.7 Å². The van der Waals surface area contributed by atoms with E-state index in [0.717, 1.165) is 4.70 Å². The van der Waals surface area contributed by atoms with Crippen molar-refractivity contribution in [1.29, 1.82) is 0 Å². The normalized spacial score (nSPS) is 11.2. The Bertz CT molecular complexity index is 1310. The average Bonchev–Trinajstić information content (AvgIpc) is 3.11. The molecule has 0 bridgehead atoms. The van der Waals surface area contributed by atoms with Crippen molar-refractivity contribution in [2.24, 2.45) is 0 Å². The number of sulfonamides is 1. The zero-order valence-corrected chi connectivity index (χ0v) is 17.7. The fourth-order valence-corrected chi connectivity index (χ4v) is 4.88. The van der Waals surface area contributed by atoms with E-state index in [2.05, 4.69) is 20.3 Å². The third kappa shape index (κ3) is 4.70. The van der Waals surface area contributed by atoms with Gasteiger partial charge in [0.05, 0.1) is 15.1 Å². The van der Waals surface area contributed by atoms with Gasteiger partial charge in [-0.15, -0.1) is 0 Å². The third-order valence-electron chi connectivity index (χ3n) is 4.02. The fraction of sp³-hybridized carbons (Fsp3) is 0. The molecule has 1 heterocycles. The highest BCUT2D eigenvalue weighted by Gasteiger charge is 2.16. The molecule has 10 heteroatoms. The highest BCUT2D eigenvalue weighted by Crippen LogP contribution is 2.29. The van der Waals surface area contributed by atoms with Gasteiger partial charge in [0, 0.05) is 16.4 Å². The lowest BCUT2D eigenvalue weighted by molar-refractivity contribution is 0.262. The van der Waals surface area contributed by atoms with Crippen molar-refractivity contribution >= 4 is 65.7 Å². The van der Waals surface area contributed by atoms with Crippen LogP contribution >= 0.6 is 22.9 Å². The molecule has 7 nitrogen and oxygen atoms in total. The molecule has 3 aromatic carbocycles.